The Morgan fingerprint density at radius 3 is 2.65 bits per heavy atom. The average Bonchev–Trinajstić information content (AvgIpc) is 2.52. The summed E-state index contributed by atoms with van der Waals surface area (Å²) >= 11 is 0. The summed E-state index contributed by atoms with van der Waals surface area (Å²) in [5.74, 6) is 0. The van der Waals surface area contributed by atoms with Crippen LogP contribution < -0.4 is 0 Å². The van der Waals surface area contributed by atoms with Crippen LogP contribution in [0.4, 0.5) is 0 Å². The van der Waals surface area contributed by atoms with Crippen molar-refractivity contribution in [1.29, 1.82) is 0 Å². The largest absolute Gasteiger partial charge is 0.0991 e. The van der Waals surface area contributed by atoms with Gasteiger partial charge >= 0.3 is 0 Å². The predicted molar refractivity (Wildman–Crippen MR) is 75.2 cm³/mol. The number of allylic oxidation sites excluding steroid dienone is 5. The molecule has 1 aliphatic carbocycles. The van der Waals surface area contributed by atoms with Gasteiger partial charge in [-0.3, -0.25) is 0 Å². The lowest BCUT2D eigenvalue weighted by molar-refractivity contribution is 0.643. The molecule has 88 valence electrons. The maximum absolute atomic E-state index is 3.75. The molecule has 0 nitrogen and oxygen atoms in total. The molecule has 0 aliphatic heterocycles. The highest BCUT2D eigenvalue weighted by atomic mass is 14.4. The smallest absolute Gasteiger partial charge is 0.0114 e. The summed E-state index contributed by atoms with van der Waals surface area (Å²) in [6.07, 6.45) is 7.29. The van der Waals surface area contributed by atoms with Gasteiger partial charge in [0.25, 0.3) is 0 Å². The van der Waals surface area contributed by atoms with E-state index in [-0.39, 0.29) is 5.41 Å². The van der Waals surface area contributed by atoms with Crippen molar-refractivity contribution in [1.82, 2.24) is 0 Å². The summed E-state index contributed by atoms with van der Waals surface area (Å²) in [6, 6.07) is 8.76. The highest BCUT2D eigenvalue weighted by Crippen LogP contribution is 2.42. The molecule has 2 rings (SSSR count). The summed E-state index contributed by atoms with van der Waals surface area (Å²) in [7, 11) is 0. The zero-order valence-corrected chi connectivity index (χ0v) is 11.0. The molecule has 0 saturated carbocycles. The van der Waals surface area contributed by atoms with Crippen molar-refractivity contribution >= 4 is 0 Å². The molecule has 17 heavy (non-hydrogen) atoms. The van der Waals surface area contributed by atoms with E-state index in [0.717, 1.165) is 6.42 Å². The second-order valence-corrected chi connectivity index (χ2v) is 5.27. The van der Waals surface area contributed by atoms with Gasteiger partial charge in [-0.2, -0.15) is 0 Å². The molecule has 1 aromatic rings. The van der Waals surface area contributed by atoms with Gasteiger partial charge in [-0.15, -0.1) is 0 Å². The van der Waals surface area contributed by atoms with Crippen LogP contribution in [0.25, 0.3) is 0 Å². The first-order chi connectivity index (χ1) is 8.05. The third-order valence-electron chi connectivity index (χ3n) is 3.66. The molecule has 0 N–H and O–H groups in total. The first-order valence-corrected chi connectivity index (χ1v) is 6.14. The summed E-state index contributed by atoms with van der Waals surface area (Å²) in [6.45, 7) is 10.5. The van der Waals surface area contributed by atoms with E-state index in [4.69, 9.17) is 0 Å². The van der Waals surface area contributed by atoms with E-state index in [1.54, 1.807) is 0 Å². The second-order valence-electron chi connectivity index (χ2n) is 5.27. The molecule has 0 heteroatoms. The van der Waals surface area contributed by atoms with Gasteiger partial charge in [0, 0.05) is 5.41 Å². The van der Waals surface area contributed by atoms with Crippen LogP contribution in [0.15, 0.2) is 60.2 Å². The van der Waals surface area contributed by atoms with Gasteiger partial charge in [-0.05, 0) is 24.5 Å². The molecule has 1 aromatic carbocycles. The minimum absolute atomic E-state index is 0.160. The lowest BCUT2D eigenvalue weighted by Gasteiger charge is -2.22. The van der Waals surface area contributed by atoms with Gasteiger partial charge in [-0.25, -0.2) is 0 Å². The Balaban J connectivity index is 2.44. The Kier molecular flexibility index (Phi) is 3.06. The molecule has 0 aromatic heterocycles. The van der Waals surface area contributed by atoms with E-state index < -0.39 is 0 Å². The first-order valence-electron chi connectivity index (χ1n) is 6.14. The van der Waals surface area contributed by atoms with Crippen molar-refractivity contribution in [2.24, 2.45) is 0 Å². The Morgan fingerprint density at radius 1 is 1.29 bits per heavy atom. The fourth-order valence-corrected chi connectivity index (χ4v) is 2.62. The molecular weight excluding hydrogens is 204 g/mol. The van der Waals surface area contributed by atoms with Crippen LogP contribution in [0.3, 0.4) is 0 Å². The maximum atomic E-state index is 3.75. The van der Waals surface area contributed by atoms with E-state index in [0.29, 0.717) is 0 Å². The van der Waals surface area contributed by atoms with Crippen LogP contribution in [0.5, 0.6) is 0 Å². The lowest BCUT2D eigenvalue weighted by Crippen LogP contribution is -2.15. The summed E-state index contributed by atoms with van der Waals surface area (Å²) < 4.78 is 0. The molecule has 0 saturated heterocycles. The highest BCUT2D eigenvalue weighted by Gasteiger charge is 2.33. The first kappa shape index (κ1) is 11.9. The molecule has 0 bridgehead atoms. The number of fused-ring (bicyclic) bond motifs is 1. The van der Waals surface area contributed by atoms with Gasteiger partial charge in [0.2, 0.25) is 0 Å². The standard InChI is InChI=1S/C17H20/c1-5-8-13(2)11-15-12-14-9-6-7-10-16(14)17(15,3)4/h5-11H,1,12H2,2-4H3/b13-8-,15-11+. The summed E-state index contributed by atoms with van der Waals surface area (Å²) in [5.41, 5.74) is 5.87. The topological polar surface area (TPSA) is 0 Å². The number of rotatable bonds is 2. The normalized spacial score (nSPS) is 20.4. The predicted octanol–water partition coefficient (Wildman–Crippen LogP) is 4.58. The molecule has 0 unspecified atom stereocenters. The van der Waals surface area contributed by atoms with Gasteiger partial charge in [0.1, 0.15) is 0 Å². The van der Waals surface area contributed by atoms with Gasteiger partial charge in [0.15, 0.2) is 0 Å². The fraction of sp³-hybridized carbons (Fsp3) is 0.294. The Hall–Kier alpha value is -1.56. The van der Waals surface area contributed by atoms with Gasteiger partial charge in [0.05, 0.1) is 0 Å². The Morgan fingerprint density at radius 2 is 2.00 bits per heavy atom. The van der Waals surface area contributed by atoms with Crippen LogP contribution in [0.1, 0.15) is 31.9 Å². The molecule has 0 spiro atoms. The number of hydrogen-bond acceptors (Lipinski definition) is 0. The van der Waals surface area contributed by atoms with Crippen molar-refractivity contribution in [3.8, 4) is 0 Å². The highest BCUT2D eigenvalue weighted by molar-refractivity contribution is 5.51. The van der Waals surface area contributed by atoms with Crippen molar-refractivity contribution in [2.75, 3.05) is 0 Å². The van der Waals surface area contributed by atoms with Gasteiger partial charge in [-0.1, -0.05) is 74.1 Å². The van der Waals surface area contributed by atoms with Crippen molar-refractivity contribution < 1.29 is 0 Å². The molecule has 0 fully saturated rings. The quantitative estimate of drug-likeness (QED) is 0.645. The van der Waals surface area contributed by atoms with Gasteiger partial charge < -0.3 is 0 Å². The van der Waals surface area contributed by atoms with E-state index in [9.17, 15) is 0 Å². The average molecular weight is 224 g/mol. The van der Waals surface area contributed by atoms with Crippen LogP contribution in [-0.2, 0) is 11.8 Å². The Bertz CT molecular complexity index is 499. The van der Waals surface area contributed by atoms with Crippen LogP contribution in [0, 0.1) is 0 Å². The van der Waals surface area contributed by atoms with E-state index in [1.165, 1.54) is 22.3 Å². The molecule has 0 heterocycles. The van der Waals surface area contributed by atoms with Crippen molar-refractivity contribution in [3.63, 3.8) is 0 Å². The third-order valence-corrected chi connectivity index (χ3v) is 3.66. The van der Waals surface area contributed by atoms with Crippen LogP contribution >= 0.6 is 0 Å². The summed E-state index contributed by atoms with van der Waals surface area (Å²) in [5, 5.41) is 0. The van der Waals surface area contributed by atoms with Crippen molar-refractivity contribution in [2.45, 2.75) is 32.6 Å². The van der Waals surface area contributed by atoms with Crippen LogP contribution in [0.2, 0.25) is 0 Å². The molecule has 0 atom stereocenters. The fourth-order valence-electron chi connectivity index (χ4n) is 2.62. The molecule has 0 amide bonds. The van der Waals surface area contributed by atoms with E-state index in [2.05, 4.69) is 63.8 Å². The third kappa shape index (κ3) is 2.12. The second kappa shape index (κ2) is 4.37. The molecule has 0 radical (unpaired) electrons. The summed E-state index contributed by atoms with van der Waals surface area (Å²) in [4.78, 5) is 0. The molecular formula is C17H20. The number of benzene rings is 1. The minimum Gasteiger partial charge on any atom is -0.0991 e. The zero-order valence-electron chi connectivity index (χ0n) is 11.0. The monoisotopic (exact) mass is 224 g/mol. The lowest BCUT2D eigenvalue weighted by atomic mass is 9.82. The Labute approximate surface area is 104 Å². The minimum atomic E-state index is 0.160. The molecule has 1 aliphatic rings. The number of hydrogen-bond donors (Lipinski definition) is 0. The van der Waals surface area contributed by atoms with Crippen LogP contribution in [-0.4, -0.2) is 0 Å². The zero-order chi connectivity index (χ0) is 12.5. The SMILES string of the molecule is C=C/C=C(C)\C=C1/Cc2ccccc2C1(C)C. The maximum Gasteiger partial charge on any atom is 0.0114 e. The van der Waals surface area contributed by atoms with E-state index in [1.807, 2.05) is 6.08 Å². The van der Waals surface area contributed by atoms with Crippen molar-refractivity contribution in [3.05, 3.63) is 71.3 Å². The van der Waals surface area contributed by atoms with E-state index >= 15 is 0 Å².